The van der Waals surface area contributed by atoms with Gasteiger partial charge in [-0.15, -0.1) is 0 Å². The molecule has 0 spiro atoms. The van der Waals surface area contributed by atoms with Crippen LogP contribution in [0.5, 0.6) is 0 Å². The van der Waals surface area contributed by atoms with Crippen molar-refractivity contribution in [2.45, 2.75) is 25.9 Å². The summed E-state index contributed by atoms with van der Waals surface area (Å²) in [5.41, 5.74) is 1.28. The van der Waals surface area contributed by atoms with Crippen LogP contribution in [0, 0.1) is 18.6 Å². The fourth-order valence-electron chi connectivity index (χ4n) is 2.34. The van der Waals surface area contributed by atoms with Crippen LogP contribution in [0.3, 0.4) is 0 Å². The number of nitrogens with one attached hydrogen (secondary N) is 1. The summed E-state index contributed by atoms with van der Waals surface area (Å²) < 4.78 is 28.9. The van der Waals surface area contributed by atoms with Crippen molar-refractivity contribution in [2.24, 2.45) is 0 Å². The first-order valence-corrected chi connectivity index (χ1v) is 5.89. The maximum absolute atomic E-state index is 13.7. The highest BCUT2D eigenvalue weighted by atomic mass is 19.1. The molecule has 1 aromatic carbocycles. The van der Waals surface area contributed by atoms with E-state index in [0.29, 0.717) is 17.9 Å². The molecule has 0 saturated heterocycles. The molecule has 94 valence electrons. The zero-order valence-corrected chi connectivity index (χ0v) is 9.95. The molecule has 2 heterocycles. The lowest BCUT2D eigenvalue weighted by Crippen LogP contribution is -2.22. The van der Waals surface area contributed by atoms with Crippen molar-refractivity contribution in [3.05, 3.63) is 47.3 Å². The third-order valence-corrected chi connectivity index (χ3v) is 3.19. The summed E-state index contributed by atoms with van der Waals surface area (Å²) in [6.45, 7) is 2.66. The van der Waals surface area contributed by atoms with Gasteiger partial charge >= 0.3 is 0 Å². The molecule has 1 unspecified atom stereocenters. The molecule has 0 fully saturated rings. The fourth-order valence-corrected chi connectivity index (χ4v) is 2.34. The van der Waals surface area contributed by atoms with Crippen LogP contribution in [0.25, 0.3) is 0 Å². The first kappa shape index (κ1) is 11.2. The summed E-state index contributed by atoms with van der Waals surface area (Å²) in [7, 11) is 0. The quantitative estimate of drug-likeness (QED) is 0.842. The Morgan fingerprint density at radius 3 is 3.06 bits per heavy atom. The minimum Gasteiger partial charge on any atom is -0.349 e. The van der Waals surface area contributed by atoms with Gasteiger partial charge in [0.25, 0.3) is 0 Å². The number of halogens is 2. The standard InChI is InChI=1S/C13H13F2N3/c1-8-7-18-5-4-12(17-13(18)16-8)10-6-9(14)2-3-11(10)15/h2-3,6-7,12H,4-5H2,1H3,(H,16,17). The second-order valence-corrected chi connectivity index (χ2v) is 4.55. The van der Waals surface area contributed by atoms with E-state index in [0.717, 1.165) is 18.3 Å². The van der Waals surface area contributed by atoms with Gasteiger partial charge in [0.2, 0.25) is 5.95 Å². The monoisotopic (exact) mass is 249 g/mol. The zero-order chi connectivity index (χ0) is 12.7. The second-order valence-electron chi connectivity index (χ2n) is 4.55. The highest BCUT2D eigenvalue weighted by Crippen LogP contribution is 2.29. The number of aryl methyl sites for hydroxylation is 2. The number of rotatable bonds is 1. The SMILES string of the molecule is Cc1cn2c(n1)NC(c1cc(F)ccc1F)CC2. The molecule has 1 aliphatic heterocycles. The van der Waals surface area contributed by atoms with Crippen LogP contribution < -0.4 is 5.32 Å². The molecule has 0 saturated carbocycles. The van der Waals surface area contributed by atoms with E-state index in [-0.39, 0.29) is 11.9 Å². The van der Waals surface area contributed by atoms with Gasteiger partial charge in [0.15, 0.2) is 0 Å². The molecule has 0 aliphatic carbocycles. The van der Waals surface area contributed by atoms with E-state index in [1.165, 1.54) is 12.1 Å². The van der Waals surface area contributed by atoms with E-state index >= 15 is 0 Å². The highest BCUT2D eigenvalue weighted by molar-refractivity contribution is 5.37. The molecule has 1 N–H and O–H groups in total. The smallest absolute Gasteiger partial charge is 0.203 e. The number of benzene rings is 1. The molecule has 1 aromatic heterocycles. The van der Waals surface area contributed by atoms with E-state index in [1.54, 1.807) is 0 Å². The Morgan fingerprint density at radius 2 is 2.22 bits per heavy atom. The Hall–Kier alpha value is -1.91. The zero-order valence-electron chi connectivity index (χ0n) is 9.95. The maximum atomic E-state index is 13.7. The molecular weight excluding hydrogens is 236 g/mol. The minimum atomic E-state index is -0.418. The van der Waals surface area contributed by atoms with E-state index in [9.17, 15) is 8.78 Å². The number of hydrogen-bond donors (Lipinski definition) is 1. The summed E-state index contributed by atoms with van der Waals surface area (Å²) in [6, 6.07) is 3.32. The summed E-state index contributed by atoms with van der Waals surface area (Å²) >= 11 is 0. The van der Waals surface area contributed by atoms with Crippen LogP contribution in [0.1, 0.15) is 23.7 Å². The summed E-state index contributed by atoms with van der Waals surface area (Å²) in [4.78, 5) is 4.31. The van der Waals surface area contributed by atoms with Gasteiger partial charge in [-0.2, -0.15) is 0 Å². The largest absolute Gasteiger partial charge is 0.349 e. The average Bonchev–Trinajstić information content (AvgIpc) is 2.71. The Kier molecular flexibility index (Phi) is 2.54. The number of aromatic nitrogens is 2. The molecule has 2 aromatic rings. The van der Waals surface area contributed by atoms with Crippen molar-refractivity contribution >= 4 is 5.95 Å². The molecule has 18 heavy (non-hydrogen) atoms. The van der Waals surface area contributed by atoms with Crippen LogP contribution in [0.15, 0.2) is 24.4 Å². The van der Waals surface area contributed by atoms with Gasteiger partial charge in [-0.1, -0.05) is 0 Å². The molecule has 5 heteroatoms. The van der Waals surface area contributed by atoms with Crippen molar-refractivity contribution in [3.63, 3.8) is 0 Å². The number of anilines is 1. The minimum absolute atomic E-state index is 0.227. The van der Waals surface area contributed by atoms with Gasteiger partial charge in [-0.25, -0.2) is 13.8 Å². The van der Waals surface area contributed by atoms with Gasteiger partial charge < -0.3 is 9.88 Å². The van der Waals surface area contributed by atoms with Gasteiger partial charge in [-0.3, -0.25) is 0 Å². The van der Waals surface area contributed by atoms with Crippen LogP contribution in [-0.4, -0.2) is 9.55 Å². The Bertz CT molecular complexity index is 592. The lowest BCUT2D eigenvalue weighted by atomic mass is 10.0. The van der Waals surface area contributed by atoms with Crippen LogP contribution in [0.2, 0.25) is 0 Å². The van der Waals surface area contributed by atoms with Crippen LogP contribution in [0.4, 0.5) is 14.7 Å². The molecule has 0 bridgehead atoms. The number of fused-ring (bicyclic) bond motifs is 1. The summed E-state index contributed by atoms with van der Waals surface area (Å²) in [5.74, 6) is -0.0867. The highest BCUT2D eigenvalue weighted by Gasteiger charge is 2.23. The van der Waals surface area contributed by atoms with E-state index < -0.39 is 5.82 Å². The first-order valence-electron chi connectivity index (χ1n) is 5.89. The van der Waals surface area contributed by atoms with Crippen molar-refractivity contribution in [1.29, 1.82) is 0 Å². The number of imidazole rings is 1. The lowest BCUT2D eigenvalue weighted by Gasteiger charge is -2.26. The molecule has 1 atom stereocenters. The van der Waals surface area contributed by atoms with Crippen LogP contribution >= 0.6 is 0 Å². The molecular formula is C13H13F2N3. The lowest BCUT2D eigenvalue weighted by molar-refractivity contribution is 0.509. The van der Waals surface area contributed by atoms with Crippen molar-refractivity contribution < 1.29 is 8.78 Å². The molecule has 0 radical (unpaired) electrons. The van der Waals surface area contributed by atoms with Crippen molar-refractivity contribution in [2.75, 3.05) is 5.32 Å². The topological polar surface area (TPSA) is 29.9 Å². The van der Waals surface area contributed by atoms with Gasteiger partial charge in [0.05, 0.1) is 11.7 Å². The number of nitrogens with zero attached hydrogens (tertiary/aromatic N) is 2. The summed E-state index contributed by atoms with van der Waals surface area (Å²) in [5, 5.41) is 3.15. The first-order chi connectivity index (χ1) is 8.63. The third-order valence-electron chi connectivity index (χ3n) is 3.19. The predicted molar refractivity (Wildman–Crippen MR) is 64.3 cm³/mol. The van der Waals surface area contributed by atoms with E-state index in [2.05, 4.69) is 10.3 Å². The Balaban J connectivity index is 1.93. The third kappa shape index (κ3) is 1.85. The van der Waals surface area contributed by atoms with Gasteiger partial charge in [0, 0.05) is 18.3 Å². The predicted octanol–water partition coefficient (Wildman–Crippen LogP) is 3.03. The van der Waals surface area contributed by atoms with Crippen molar-refractivity contribution in [3.8, 4) is 0 Å². The number of hydrogen-bond acceptors (Lipinski definition) is 2. The molecule has 1 aliphatic rings. The normalized spacial score (nSPS) is 18.3. The Labute approximate surface area is 103 Å². The van der Waals surface area contributed by atoms with Gasteiger partial charge in [0.1, 0.15) is 11.6 Å². The Morgan fingerprint density at radius 1 is 1.39 bits per heavy atom. The molecule has 3 nitrogen and oxygen atoms in total. The van der Waals surface area contributed by atoms with E-state index in [1.807, 2.05) is 17.7 Å². The molecule has 0 amide bonds. The van der Waals surface area contributed by atoms with Crippen LogP contribution in [-0.2, 0) is 6.54 Å². The average molecular weight is 249 g/mol. The van der Waals surface area contributed by atoms with E-state index in [4.69, 9.17) is 0 Å². The van der Waals surface area contributed by atoms with Crippen molar-refractivity contribution in [1.82, 2.24) is 9.55 Å². The summed E-state index contributed by atoms with van der Waals surface area (Å²) in [6.07, 6.45) is 2.66. The second kappa shape index (κ2) is 4.08. The fraction of sp³-hybridized carbons (Fsp3) is 0.308. The van der Waals surface area contributed by atoms with Gasteiger partial charge in [-0.05, 0) is 31.5 Å². The molecule has 3 rings (SSSR count). The maximum Gasteiger partial charge on any atom is 0.203 e.